The van der Waals surface area contributed by atoms with E-state index in [1.807, 2.05) is 11.6 Å². The van der Waals surface area contributed by atoms with E-state index >= 15 is 0 Å². The van der Waals surface area contributed by atoms with E-state index in [4.69, 9.17) is 0 Å². The summed E-state index contributed by atoms with van der Waals surface area (Å²) < 4.78 is 25.0. The van der Waals surface area contributed by atoms with Gasteiger partial charge < -0.3 is 9.88 Å². The Morgan fingerprint density at radius 2 is 2.08 bits per heavy atom. The van der Waals surface area contributed by atoms with Crippen molar-refractivity contribution in [1.82, 2.24) is 20.1 Å². The second-order valence-corrected chi connectivity index (χ2v) is 9.47. The summed E-state index contributed by atoms with van der Waals surface area (Å²) in [6, 6.07) is 0.220. The maximum Gasteiger partial charge on any atom is 0.230 e. The van der Waals surface area contributed by atoms with Crippen LogP contribution in [0.15, 0.2) is 5.16 Å². The van der Waals surface area contributed by atoms with E-state index in [9.17, 15) is 13.2 Å². The van der Waals surface area contributed by atoms with E-state index in [-0.39, 0.29) is 29.4 Å². The van der Waals surface area contributed by atoms with E-state index in [1.54, 1.807) is 0 Å². The molecule has 1 aromatic rings. The summed E-state index contributed by atoms with van der Waals surface area (Å²) in [5, 5.41) is 12.0. The van der Waals surface area contributed by atoms with Gasteiger partial charge in [0, 0.05) is 19.5 Å². The van der Waals surface area contributed by atoms with Gasteiger partial charge in [-0.2, -0.15) is 0 Å². The van der Waals surface area contributed by atoms with Gasteiger partial charge in [0.1, 0.15) is 5.82 Å². The highest BCUT2D eigenvalue weighted by molar-refractivity contribution is 7.99. The van der Waals surface area contributed by atoms with E-state index in [0.717, 1.165) is 18.7 Å². The number of carbonyl (C=O) groups excluding carboxylic acids is 1. The van der Waals surface area contributed by atoms with Crippen LogP contribution in [0.4, 0.5) is 0 Å². The van der Waals surface area contributed by atoms with Crippen LogP contribution in [0.2, 0.25) is 0 Å². The molecule has 2 rings (SSSR count). The third-order valence-corrected chi connectivity index (χ3v) is 7.26. The fraction of sp³-hybridized carbons (Fsp3) is 0.800. The van der Waals surface area contributed by atoms with E-state index in [1.165, 1.54) is 11.8 Å². The molecule has 1 amide bonds. The second-order valence-electron chi connectivity index (χ2n) is 6.30. The van der Waals surface area contributed by atoms with Gasteiger partial charge in [-0.15, -0.1) is 10.2 Å². The molecule has 1 aliphatic heterocycles. The van der Waals surface area contributed by atoms with Crippen LogP contribution in [0.25, 0.3) is 0 Å². The lowest BCUT2D eigenvalue weighted by atomic mass is 10.1. The SMILES string of the molecule is CCC(CC)NC(=O)CSc1nnc(C[C@H]2CCS(=O)(=O)C2)n1C. The summed E-state index contributed by atoms with van der Waals surface area (Å²) in [7, 11) is -1.01. The topological polar surface area (TPSA) is 94.0 Å². The van der Waals surface area contributed by atoms with Crippen LogP contribution in [-0.4, -0.2) is 52.4 Å². The number of thioether (sulfide) groups is 1. The van der Waals surface area contributed by atoms with Crippen LogP contribution in [-0.2, 0) is 28.1 Å². The minimum Gasteiger partial charge on any atom is -0.353 e. The first-order chi connectivity index (χ1) is 11.3. The Hall–Kier alpha value is -1.09. The Balaban J connectivity index is 1.87. The highest BCUT2D eigenvalue weighted by atomic mass is 32.2. The van der Waals surface area contributed by atoms with Crippen molar-refractivity contribution in [2.75, 3.05) is 17.3 Å². The van der Waals surface area contributed by atoms with Crippen molar-refractivity contribution < 1.29 is 13.2 Å². The molecule has 0 aliphatic carbocycles. The zero-order valence-corrected chi connectivity index (χ0v) is 16.1. The molecule has 0 bridgehead atoms. The fourth-order valence-electron chi connectivity index (χ4n) is 2.83. The van der Waals surface area contributed by atoms with Crippen molar-refractivity contribution in [2.45, 2.75) is 50.7 Å². The number of sulfone groups is 1. The molecule has 1 aliphatic rings. The standard InChI is InChI=1S/C15H26N4O3S2/c1-4-12(5-2)16-14(20)9-23-15-18-17-13(19(15)3)8-11-6-7-24(21,22)10-11/h11-12H,4-10H2,1-3H3,(H,16,20)/t11-/m1/s1. The average molecular weight is 375 g/mol. The number of amides is 1. The van der Waals surface area contributed by atoms with Gasteiger partial charge >= 0.3 is 0 Å². The number of nitrogens with zero attached hydrogens (tertiary/aromatic N) is 3. The summed E-state index contributed by atoms with van der Waals surface area (Å²) in [5.41, 5.74) is 0. The summed E-state index contributed by atoms with van der Waals surface area (Å²) in [5.74, 6) is 1.71. The lowest BCUT2D eigenvalue weighted by Gasteiger charge is -2.14. The summed E-state index contributed by atoms with van der Waals surface area (Å²) in [6.07, 6.45) is 3.15. The van der Waals surface area contributed by atoms with Crippen molar-refractivity contribution in [3.05, 3.63) is 5.82 Å². The van der Waals surface area contributed by atoms with Crippen LogP contribution in [0.5, 0.6) is 0 Å². The maximum atomic E-state index is 12.0. The smallest absolute Gasteiger partial charge is 0.230 e. The number of aromatic nitrogens is 3. The fourth-order valence-corrected chi connectivity index (χ4v) is 5.43. The molecular formula is C15H26N4O3S2. The third-order valence-electron chi connectivity index (χ3n) is 4.41. The molecule has 0 spiro atoms. The zero-order valence-electron chi connectivity index (χ0n) is 14.5. The van der Waals surface area contributed by atoms with Crippen LogP contribution in [0.1, 0.15) is 38.9 Å². The number of hydrogen-bond donors (Lipinski definition) is 1. The molecule has 1 atom stereocenters. The third kappa shape index (κ3) is 5.20. The first-order valence-electron chi connectivity index (χ1n) is 8.35. The molecule has 0 aromatic carbocycles. The molecule has 0 radical (unpaired) electrons. The molecule has 0 unspecified atom stereocenters. The van der Waals surface area contributed by atoms with Crippen molar-refractivity contribution in [3.63, 3.8) is 0 Å². The lowest BCUT2D eigenvalue weighted by molar-refractivity contribution is -0.119. The minimum absolute atomic E-state index is 0.000126. The molecule has 0 saturated carbocycles. The molecule has 1 aromatic heterocycles. The van der Waals surface area contributed by atoms with Gasteiger partial charge in [-0.3, -0.25) is 4.79 Å². The summed E-state index contributed by atoms with van der Waals surface area (Å²) in [6.45, 7) is 4.11. The molecule has 2 heterocycles. The van der Waals surface area contributed by atoms with E-state index in [0.29, 0.717) is 23.8 Å². The van der Waals surface area contributed by atoms with Crippen LogP contribution in [0.3, 0.4) is 0 Å². The van der Waals surface area contributed by atoms with Crippen LogP contribution in [0, 0.1) is 5.92 Å². The van der Waals surface area contributed by atoms with Crippen molar-refractivity contribution >= 4 is 27.5 Å². The Bertz CT molecular complexity index is 668. The first kappa shape index (κ1) is 19.2. The predicted molar refractivity (Wildman–Crippen MR) is 94.7 cm³/mol. The molecule has 7 nitrogen and oxygen atoms in total. The Labute approximate surface area is 147 Å². The van der Waals surface area contributed by atoms with Crippen LogP contribution < -0.4 is 5.32 Å². The van der Waals surface area contributed by atoms with Gasteiger partial charge in [-0.05, 0) is 25.2 Å². The van der Waals surface area contributed by atoms with E-state index < -0.39 is 9.84 Å². The summed E-state index contributed by atoms with van der Waals surface area (Å²) >= 11 is 1.36. The zero-order chi connectivity index (χ0) is 17.7. The number of nitrogens with one attached hydrogen (secondary N) is 1. The average Bonchev–Trinajstić information content (AvgIpc) is 3.06. The van der Waals surface area contributed by atoms with Gasteiger partial charge in [0.25, 0.3) is 0 Å². The van der Waals surface area contributed by atoms with E-state index in [2.05, 4.69) is 29.4 Å². The molecule has 1 fully saturated rings. The van der Waals surface area contributed by atoms with Crippen molar-refractivity contribution in [3.8, 4) is 0 Å². The minimum atomic E-state index is -2.88. The molecule has 136 valence electrons. The highest BCUT2D eigenvalue weighted by Crippen LogP contribution is 2.23. The highest BCUT2D eigenvalue weighted by Gasteiger charge is 2.29. The van der Waals surface area contributed by atoms with Gasteiger partial charge in [-0.1, -0.05) is 25.6 Å². The Morgan fingerprint density at radius 1 is 1.38 bits per heavy atom. The first-order valence-corrected chi connectivity index (χ1v) is 11.2. The lowest BCUT2D eigenvalue weighted by Crippen LogP contribution is -2.35. The van der Waals surface area contributed by atoms with Crippen molar-refractivity contribution in [1.29, 1.82) is 0 Å². The predicted octanol–water partition coefficient (Wildman–Crippen LogP) is 1.19. The maximum absolute atomic E-state index is 12.0. The molecule has 1 N–H and O–H groups in total. The van der Waals surface area contributed by atoms with Gasteiger partial charge in [0.15, 0.2) is 15.0 Å². The van der Waals surface area contributed by atoms with Crippen molar-refractivity contribution in [2.24, 2.45) is 13.0 Å². The van der Waals surface area contributed by atoms with Gasteiger partial charge in [-0.25, -0.2) is 8.42 Å². The molecule has 9 heteroatoms. The molecule has 1 saturated heterocycles. The quantitative estimate of drug-likeness (QED) is 0.687. The monoisotopic (exact) mass is 374 g/mol. The van der Waals surface area contributed by atoms with Gasteiger partial charge in [0.2, 0.25) is 5.91 Å². The van der Waals surface area contributed by atoms with Crippen LogP contribution >= 0.6 is 11.8 Å². The number of carbonyl (C=O) groups is 1. The number of hydrogen-bond acceptors (Lipinski definition) is 6. The largest absolute Gasteiger partial charge is 0.353 e. The normalized spacial score (nSPS) is 19.8. The summed E-state index contributed by atoms with van der Waals surface area (Å²) in [4.78, 5) is 12.0. The second kappa shape index (κ2) is 8.33. The Morgan fingerprint density at radius 3 is 2.67 bits per heavy atom. The molecule has 24 heavy (non-hydrogen) atoms. The Kier molecular flexibility index (Phi) is 6.68. The van der Waals surface area contributed by atoms with Gasteiger partial charge in [0.05, 0.1) is 17.3 Å². The number of rotatable bonds is 8. The molecular weight excluding hydrogens is 348 g/mol.